The van der Waals surface area contributed by atoms with Crippen LogP contribution >= 0.6 is 23.4 Å². The Hall–Kier alpha value is -3.32. The minimum atomic E-state index is 0.390. The van der Waals surface area contributed by atoms with Gasteiger partial charge in [0.1, 0.15) is 5.75 Å². The van der Waals surface area contributed by atoms with Crippen LogP contribution in [0.2, 0.25) is 5.02 Å². The van der Waals surface area contributed by atoms with Crippen LogP contribution < -0.4 is 4.74 Å². The largest absolute Gasteiger partial charge is 0.426 e. The molecular weight excluding hydrogens is 524 g/mol. The number of halogens is 1. The minimum absolute atomic E-state index is 0.390. The van der Waals surface area contributed by atoms with Gasteiger partial charge in [0.25, 0.3) is 0 Å². The Balaban J connectivity index is 1.16. The number of benzene rings is 3. The van der Waals surface area contributed by atoms with Crippen molar-refractivity contribution in [3.63, 3.8) is 0 Å². The molecule has 0 bridgehead atoms. The number of pyridine rings is 1. The van der Waals surface area contributed by atoms with Gasteiger partial charge < -0.3 is 9.72 Å². The fraction of sp³-hybridized carbons (Fsp3) is 0.250. The van der Waals surface area contributed by atoms with Gasteiger partial charge >= 0.3 is 6.01 Å². The van der Waals surface area contributed by atoms with E-state index in [0.717, 1.165) is 40.4 Å². The summed E-state index contributed by atoms with van der Waals surface area (Å²) in [7, 11) is 0. The van der Waals surface area contributed by atoms with Gasteiger partial charge in [0.05, 0.1) is 16.2 Å². The van der Waals surface area contributed by atoms with E-state index in [1.807, 2.05) is 36.0 Å². The Labute approximate surface area is 238 Å². The number of aromatic nitrogens is 3. The van der Waals surface area contributed by atoms with E-state index in [9.17, 15) is 0 Å². The number of hydrogen-bond donors (Lipinski definition) is 1. The average Bonchev–Trinajstić information content (AvgIpc) is 3.30. The fourth-order valence-electron chi connectivity index (χ4n) is 5.06. The van der Waals surface area contributed by atoms with E-state index in [0.29, 0.717) is 22.4 Å². The number of thioether (sulfide) groups is 1. The molecule has 1 N–H and O–H groups in total. The molecule has 2 aromatic heterocycles. The molecule has 0 atom stereocenters. The average molecular weight is 555 g/mol. The van der Waals surface area contributed by atoms with E-state index in [1.165, 1.54) is 35.5 Å². The van der Waals surface area contributed by atoms with Gasteiger partial charge in [-0.05, 0) is 77.8 Å². The van der Waals surface area contributed by atoms with Crippen molar-refractivity contribution in [3.8, 4) is 34.1 Å². The van der Waals surface area contributed by atoms with E-state index in [2.05, 4.69) is 83.5 Å². The molecule has 0 amide bonds. The SMILES string of the molecule is CSCC1CN(Cc2ccc(-c3ccc(-c4nc5nc(Oc6ccc(C)c(C)c6)[nH]c5cc4Cl)cc3)cc2)C1. The number of rotatable bonds is 8. The standard InChI is InChI=1S/C32H31ClN4OS/c1-20-4-13-27(14-21(20)2)38-32-34-29-15-28(33)30(35-31(29)36-32)26-11-9-25(10-12-26)24-7-5-22(6-8-24)16-37-17-23(18-37)19-39-3/h4-15,23H,16-19H2,1-3H3,(H,34,35,36). The van der Waals surface area contributed by atoms with Gasteiger partial charge in [0, 0.05) is 25.2 Å². The maximum atomic E-state index is 6.65. The van der Waals surface area contributed by atoms with E-state index < -0.39 is 0 Å². The first kappa shape index (κ1) is 25.9. The first-order valence-corrected chi connectivity index (χ1v) is 14.9. The molecule has 0 saturated carbocycles. The molecule has 1 aliphatic rings. The number of hydrogen-bond acceptors (Lipinski definition) is 5. The van der Waals surface area contributed by atoms with Crippen molar-refractivity contribution in [1.29, 1.82) is 0 Å². The van der Waals surface area contributed by atoms with Crippen LogP contribution in [0.4, 0.5) is 0 Å². The number of nitrogens with zero attached hydrogens (tertiary/aromatic N) is 3. The van der Waals surface area contributed by atoms with Crippen molar-refractivity contribution < 1.29 is 4.74 Å². The highest BCUT2D eigenvalue weighted by molar-refractivity contribution is 7.98. The third kappa shape index (κ3) is 5.69. The Morgan fingerprint density at radius 1 is 0.897 bits per heavy atom. The van der Waals surface area contributed by atoms with Gasteiger partial charge in [-0.2, -0.15) is 16.7 Å². The van der Waals surface area contributed by atoms with Crippen LogP contribution in [0, 0.1) is 19.8 Å². The summed E-state index contributed by atoms with van der Waals surface area (Å²) in [6.45, 7) is 7.59. The Bertz CT molecular complexity index is 1610. The molecular formula is C32H31ClN4OS. The lowest BCUT2D eigenvalue weighted by Crippen LogP contribution is -2.46. The highest BCUT2D eigenvalue weighted by atomic mass is 35.5. The molecule has 198 valence electrons. The molecule has 5 nitrogen and oxygen atoms in total. The lowest BCUT2D eigenvalue weighted by atomic mass is 9.99. The lowest BCUT2D eigenvalue weighted by Gasteiger charge is -2.39. The quantitative estimate of drug-likeness (QED) is 0.210. The van der Waals surface area contributed by atoms with Crippen molar-refractivity contribution >= 4 is 34.5 Å². The van der Waals surface area contributed by atoms with Crippen LogP contribution in [0.5, 0.6) is 11.8 Å². The summed E-state index contributed by atoms with van der Waals surface area (Å²) >= 11 is 8.60. The second-order valence-corrected chi connectivity index (χ2v) is 11.7. The predicted octanol–water partition coefficient (Wildman–Crippen LogP) is 8.15. The maximum absolute atomic E-state index is 6.65. The smallest absolute Gasteiger partial charge is 0.301 e. The second-order valence-electron chi connectivity index (χ2n) is 10.4. The summed E-state index contributed by atoms with van der Waals surface area (Å²) in [5, 5.41) is 0.562. The van der Waals surface area contributed by atoms with Gasteiger partial charge in [0.15, 0.2) is 5.65 Å². The molecule has 1 saturated heterocycles. The van der Waals surface area contributed by atoms with E-state index >= 15 is 0 Å². The summed E-state index contributed by atoms with van der Waals surface area (Å²) in [5.41, 5.74) is 9.05. The zero-order valence-electron chi connectivity index (χ0n) is 22.4. The Morgan fingerprint density at radius 2 is 1.59 bits per heavy atom. The summed E-state index contributed by atoms with van der Waals surface area (Å²) in [6.07, 6.45) is 2.19. The monoisotopic (exact) mass is 554 g/mol. The summed E-state index contributed by atoms with van der Waals surface area (Å²) in [4.78, 5) is 15.0. The molecule has 5 aromatic rings. The van der Waals surface area contributed by atoms with Gasteiger partial charge in [-0.1, -0.05) is 66.2 Å². The maximum Gasteiger partial charge on any atom is 0.301 e. The zero-order chi connectivity index (χ0) is 26.9. The number of imidazole rings is 1. The first-order chi connectivity index (χ1) is 18.9. The van der Waals surface area contributed by atoms with Crippen LogP contribution in [0.1, 0.15) is 16.7 Å². The number of nitrogens with one attached hydrogen (secondary N) is 1. The van der Waals surface area contributed by atoms with Crippen molar-refractivity contribution in [1.82, 2.24) is 19.9 Å². The molecule has 1 fully saturated rings. The van der Waals surface area contributed by atoms with Gasteiger partial charge in [-0.25, -0.2) is 4.98 Å². The van der Waals surface area contributed by atoms with Crippen LogP contribution in [-0.2, 0) is 6.54 Å². The Kier molecular flexibility index (Phi) is 7.34. The molecule has 39 heavy (non-hydrogen) atoms. The molecule has 0 spiro atoms. The third-order valence-corrected chi connectivity index (χ3v) is 8.48. The molecule has 0 unspecified atom stereocenters. The second kappa shape index (κ2) is 11.0. The predicted molar refractivity (Wildman–Crippen MR) is 163 cm³/mol. The first-order valence-electron chi connectivity index (χ1n) is 13.2. The van der Waals surface area contributed by atoms with E-state index in [4.69, 9.17) is 21.3 Å². The highest BCUT2D eigenvalue weighted by Crippen LogP contribution is 2.32. The number of aromatic amines is 1. The molecule has 0 radical (unpaired) electrons. The normalized spacial score (nSPS) is 14.1. The molecule has 6 rings (SSSR count). The third-order valence-electron chi connectivity index (χ3n) is 7.38. The van der Waals surface area contributed by atoms with Crippen molar-refractivity contribution in [2.45, 2.75) is 20.4 Å². The lowest BCUT2D eigenvalue weighted by molar-refractivity contribution is 0.108. The molecule has 0 aliphatic carbocycles. The van der Waals surface area contributed by atoms with Crippen LogP contribution in [0.15, 0.2) is 72.8 Å². The van der Waals surface area contributed by atoms with Gasteiger partial charge in [-0.15, -0.1) is 0 Å². The number of fused-ring (bicyclic) bond motifs is 1. The van der Waals surface area contributed by atoms with E-state index in [-0.39, 0.29) is 0 Å². The number of H-pyrrole nitrogens is 1. The number of likely N-dealkylation sites (tertiary alicyclic amines) is 1. The van der Waals surface area contributed by atoms with Gasteiger partial charge in [-0.3, -0.25) is 4.90 Å². The van der Waals surface area contributed by atoms with Crippen LogP contribution in [0.3, 0.4) is 0 Å². The summed E-state index contributed by atoms with van der Waals surface area (Å²) in [5.74, 6) is 2.85. The van der Waals surface area contributed by atoms with Crippen LogP contribution in [0.25, 0.3) is 33.5 Å². The van der Waals surface area contributed by atoms with Gasteiger partial charge in [0.2, 0.25) is 0 Å². The number of ether oxygens (including phenoxy) is 1. The summed E-state index contributed by atoms with van der Waals surface area (Å²) in [6, 6.07) is 25.5. The summed E-state index contributed by atoms with van der Waals surface area (Å²) < 4.78 is 5.95. The molecule has 3 aromatic carbocycles. The van der Waals surface area contributed by atoms with Crippen LogP contribution in [-0.4, -0.2) is 44.9 Å². The molecule has 1 aliphatic heterocycles. The number of aryl methyl sites for hydroxylation is 2. The topological polar surface area (TPSA) is 54.0 Å². The highest BCUT2D eigenvalue weighted by Gasteiger charge is 2.25. The van der Waals surface area contributed by atoms with Crippen molar-refractivity contribution in [2.24, 2.45) is 5.92 Å². The molecule has 3 heterocycles. The molecule has 7 heteroatoms. The minimum Gasteiger partial charge on any atom is -0.426 e. The zero-order valence-corrected chi connectivity index (χ0v) is 23.9. The fourth-order valence-corrected chi connectivity index (χ4v) is 6.01. The van der Waals surface area contributed by atoms with Crippen molar-refractivity contribution in [2.75, 3.05) is 25.1 Å². The van der Waals surface area contributed by atoms with Crippen molar-refractivity contribution in [3.05, 3.63) is 94.5 Å². The Morgan fingerprint density at radius 3 is 2.28 bits per heavy atom. The van der Waals surface area contributed by atoms with E-state index in [1.54, 1.807) is 0 Å².